The Balaban J connectivity index is 2.42. The van der Waals surface area contributed by atoms with Crippen LogP contribution in [0, 0.1) is 13.8 Å². The van der Waals surface area contributed by atoms with Crippen molar-refractivity contribution in [1.29, 1.82) is 0 Å². The number of hydrogen-bond donors (Lipinski definition) is 3. The van der Waals surface area contributed by atoms with Crippen LogP contribution in [-0.4, -0.2) is 43.1 Å². The number of aromatic nitrogens is 3. The lowest BCUT2D eigenvalue weighted by atomic mass is 10.1. The summed E-state index contributed by atoms with van der Waals surface area (Å²) < 4.78 is 0.842. The summed E-state index contributed by atoms with van der Waals surface area (Å²) in [7, 11) is 0. The van der Waals surface area contributed by atoms with Crippen LogP contribution >= 0.6 is 0 Å². The van der Waals surface area contributed by atoms with Gasteiger partial charge >= 0.3 is 11.9 Å². The number of carbonyl (C=O) groups excluding carboxylic acids is 1. The second-order valence-electron chi connectivity index (χ2n) is 5.52. The summed E-state index contributed by atoms with van der Waals surface area (Å²) in [6.07, 6.45) is 0.208. The molecule has 25 heavy (non-hydrogen) atoms. The third-order valence-corrected chi connectivity index (χ3v) is 3.81. The number of para-hydroxylation sites is 1. The highest BCUT2D eigenvalue weighted by Crippen LogP contribution is 2.23. The predicted molar refractivity (Wildman–Crippen MR) is 87.8 cm³/mol. The van der Waals surface area contributed by atoms with Crippen LogP contribution < -0.4 is 5.32 Å². The number of nitrogens with zero attached hydrogens (tertiary/aromatic N) is 3. The first kappa shape index (κ1) is 18.1. The van der Waals surface area contributed by atoms with Gasteiger partial charge in [0.05, 0.1) is 0 Å². The molecule has 3 N–H and O–H groups in total. The number of aromatic carboxylic acids is 2. The number of hydrogen-bond acceptors (Lipinski definition) is 5. The first-order chi connectivity index (χ1) is 11.8. The third kappa shape index (κ3) is 3.49. The molecule has 1 amide bonds. The molecule has 0 radical (unpaired) electrons. The second kappa shape index (κ2) is 7.12. The van der Waals surface area contributed by atoms with Crippen LogP contribution in [0.3, 0.4) is 0 Å². The van der Waals surface area contributed by atoms with Crippen LogP contribution in [0.25, 0.3) is 0 Å². The number of carboxylic acid groups (broad SMARTS) is 2. The Morgan fingerprint density at radius 3 is 2.24 bits per heavy atom. The van der Waals surface area contributed by atoms with E-state index >= 15 is 0 Å². The molecule has 1 aromatic heterocycles. The highest BCUT2D eigenvalue weighted by Gasteiger charge is 2.31. The average Bonchev–Trinajstić information content (AvgIpc) is 2.97. The quantitative estimate of drug-likeness (QED) is 0.727. The minimum atomic E-state index is -1.52. The Morgan fingerprint density at radius 2 is 1.76 bits per heavy atom. The predicted octanol–water partition coefficient (Wildman–Crippen LogP) is 1.88. The van der Waals surface area contributed by atoms with Crippen LogP contribution in [0.4, 0.5) is 5.69 Å². The maximum Gasteiger partial charge on any atom is 0.359 e. The van der Waals surface area contributed by atoms with Crippen molar-refractivity contribution in [3.05, 3.63) is 40.7 Å². The molecular weight excluding hydrogens is 328 g/mol. The van der Waals surface area contributed by atoms with Crippen molar-refractivity contribution in [1.82, 2.24) is 15.0 Å². The van der Waals surface area contributed by atoms with Gasteiger partial charge in [-0.25, -0.2) is 14.3 Å². The van der Waals surface area contributed by atoms with Gasteiger partial charge in [0.2, 0.25) is 11.6 Å². The third-order valence-electron chi connectivity index (χ3n) is 3.81. The Morgan fingerprint density at radius 1 is 1.16 bits per heavy atom. The Labute approximate surface area is 143 Å². The number of benzene rings is 1. The molecule has 1 atom stereocenters. The molecule has 0 aliphatic heterocycles. The molecule has 1 aromatic carbocycles. The van der Waals surface area contributed by atoms with E-state index in [1.54, 1.807) is 6.92 Å². The molecule has 0 aliphatic rings. The van der Waals surface area contributed by atoms with E-state index in [4.69, 9.17) is 5.11 Å². The minimum absolute atomic E-state index is 0.208. The highest BCUT2D eigenvalue weighted by atomic mass is 16.4. The van der Waals surface area contributed by atoms with Gasteiger partial charge in [-0.05, 0) is 31.4 Å². The van der Waals surface area contributed by atoms with Gasteiger partial charge in [0, 0.05) is 5.69 Å². The maximum absolute atomic E-state index is 12.7. The highest BCUT2D eigenvalue weighted by molar-refractivity contribution is 6.00. The molecule has 0 fully saturated rings. The van der Waals surface area contributed by atoms with Crippen molar-refractivity contribution >= 4 is 23.5 Å². The number of nitrogens with one attached hydrogen (secondary N) is 1. The minimum Gasteiger partial charge on any atom is -0.476 e. The van der Waals surface area contributed by atoms with Crippen molar-refractivity contribution in [2.75, 3.05) is 5.32 Å². The fourth-order valence-corrected chi connectivity index (χ4v) is 2.54. The fraction of sp³-hybridized carbons (Fsp3) is 0.312. The van der Waals surface area contributed by atoms with E-state index in [1.165, 1.54) is 0 Å². The molecule has 0 saturated carbocycles. The van der Waals surface area contributed by atoms with Gasteiger partial charge in [0.25, 0.3) is 0 Å². The fourth-order valence-electron chi connectivity index (χ4n) is 2.54. The number of rotatable bonds is 6. The lowest BCUT2D eigenvalue weighted by Gasteiger charge is -2.18. The zero-order valence-electron chi connectivity index (χ0n) is 14.0. The van der Waals surface area contributed by atoms with Crippen molar-refractivity contribution in [3.63, 3.8) is 0 Å². The second-order valence-corrected chi connectivity index (χ2v) is 5.52. The van der Waals surface area contributed by atoms with Crippen LogP contribution in [0.15, 0.2) is 18.2 Å². The summed E-state index contributed by atoms with van der Waals surface area (Å²) >= 11 is 0. The van der Waals surface area contributed by atoms with Gasteiger partial charge in [0.15, 0.2) is 5.69 Å². The molecule has 0 saturated heterocycles. The lowest BCUT2D eigenvalue weighted by molar-refractivity contribution is -0.119. The lowest BCUT2D eigenvalue weighted by Crippen LogP contribution is -2.29. The maximum atomic E-state index is 12.7. The van der Waals surface area contributed by atoms with E-state index in [9.17, 15) is 19.5 Å². The zero-order valence-corrected chi connectivity index (χ0v) is 14.0. The summed E-state index contributed by atoms with van der Waals surface area (Å²) in [5.74, 6) is -3.53. The molecule has 9 heteroatoms. The van der Waals surface area contributed by atoms with Crippen molar-refractivity contribution in [3.8, 4) is 0 Å². The van der Waals surface area contributed by atoms with E-state index in [0.717, 1.165) is 15.8 Å². The van der Waals surface area contributed by atoms with Crippen LogP contribution in [0.1, 0.15) is 51.5 Å². The number of anilines is 1. The number of carbonyl (C=O) groups is 3. The van der Waals surface area contributed by atoms with E-state index < -0.39 is 35.3 Å². The molecular formula is C16H18N4O5. The van der Waals surface area contributed by atoms with Gasteiger partial charge in [-0.15, -0.1) is 5.10 Å². The van der Waals surface area contributed by atoms with Gasteiger partial charge in [0.1, 0.15) is 6.04 Å². The largest absolute Gasteiger partial charge is 0.476 e. The topological polar surface area (TPSA) is 134 Å². The molecule has 2 aromatic rings. The van der Waals surface area contributed by atoms with Crippen LogP contribution in [0.5, 0.6) is 0 Å². The first-order valence-corrected chi connectivity index (χ1v) is 7.56. The standard InChI is InChI=1S/C16H18N4O5/c1-4-10(14(21)17-11-8(2)6-5-7-9(11)3)20-13(16(24)25)12(15(22)23)18-19-20/h5-7,10H,4H2,1-3H3,(H,17,21)(H,22,23)(H,24,25). The summed E-state index contributed by atoms with van der Waals surface area (Å²) in [4.78, 5) is 35.2. The van der Waals surface area contributed by atoms with Crippen molar-refractivity contribution in [2.45, 2.75) is 33.2 Å². The van der Waals surface area contributed by atoms with Crippen LogP contribution in [0.2, 0.25) is 0 Å². The Hall–Kier alpha value is -3.23. The van der Waals surface area contributed by atoms with Gasteiger partial charge in [-0.2, -0.15) is 0 Å². The van der Waals surface area contributed by atoms with Gasteiger partial charge in [-0.1, -0.05) is 30.3 Å². The van der Waals surface area contributed by atoms with Crippen LogP contribution in [-0.2, 0) is 4.79 Å². The Kier molecular flexibility index (Phi) is 5.16. The normalized spacial score (nSPS) is 11.8. The van der Waals surface area contributed by atoms with E-state index in [-0.39, 0.29) is 6.42 Å². The molecule has 1 heterocycles. The van der Waals surface area contributed by atoms with Gasteiger partial charge in [-0.3, -0.25) is 4.79 Å². The van der Waals surface area contributed by atoms with E-state index in [0.29, 0.717) is 5.69 Å². The monoisotopic (exact) mass is 346 g/mol. The molecule has 9 nitrogen and oxygen atoms in total. The molecule has 1 unspecified atom stereocenters. The number of carboxylic acids is 2. The molecule has 0 spiro atoms. The zero-order chi connectivity index (χ0) is 18.7. The summed E-state index contributed by atoms with van der Waals surface area (Å²) in [6, 6.07) is 4.52. The van der Waals surface area contributed by atoms with Crippen molar-refractivity contribution in [2.24, 2.45) is 0 Å². The van der Waals surface area contributed by atoms with E-state index in [1.807, 2.05) is 32.0 Å². The number of aryl methyl sites for hydroxylation is 2. The average molecular weight is 346 g/mol. The summed E-state index contributed by atoms with van der Waals surface area (Å²) in [6.45, 7) is 5.34. The van der Waals surface area contributed by atoms with Crippen molar-refractivity contribution < 1.29 is 24.6 Å². The summed E-state index contributed by atoms with van der Waals surface area (Å²) in [5.41, 5.74) is 1.00. The summed E-state index contributed by atoms with van der Waals surface area (Å²) in [5, 5.41) is 28.1. The van der Waals surface area contributed by atoms with E-state index in [2.05, 4.69) is 15.6 Å². The first-order valence-electron chi connectivity index (χ1n) is 7.56. The smallest absolute Gasteiger partial charge is 0.359 e. The molecule has 2 rings (SSSR count). The SMILES string of the molecule is CCC(C(=O)Nc1c(C)cccc1C)n1nnc(C(=O)O)c1C(=O)O. The molecule has 0 bridgehead atoms. The Bertz CT molecular complexity index is 823. The number of amides is 1. The molecule has 0 aliphatic carbocycles. The molecule has 132 valence electrons. The van der Waals surface area contributed by atoms with Gasteiger partial charge < -0.3 is 15.5 Å².